The van der Waals surface area contributed by atoms with Crippen LogP contribution in [-0.2, 0) is 15.6 Å². The van der Waals surface area contributed by atoms with Crippen molar-refractivity contribution in [2.24, 2.45) is 0 Å². The van der Waals surface area contributed by atoms with Gasteiger partial charge in [0.2, 0.25) is 11.7 Å². The smallest absolute Gasteiger partial charge is 0.371 e. The molecule has 1 amide bonds. The molecule has 7 heteroatoms. The third-order valence-electron chi connectivity index (χ3n) is 2.47. The fraction of sp³-hybridized carbons (Fsp3) is 0.455. The van der Waals surface area contributed by atoms with Crippen molar-refractivity contribution in [1.82, 2.24) is 5.32 Å². The predicted octanol–water partition coefficient (Wildman–Crippen LogP) is 0.754. The van der Waals surface area contributed by atoms with Crippen LogP contribution in [0.1, 0.15) is 29.8 Å². The highest BCUT2D eigenvalue weighted by Gasteiger charge is 2.23. The van der Waals surface area contributed by atoms with Crippen LogP contribution in [0.5, 0.6) is 0 Å². The van der Waals surface area contributed by atoms with Crippen LogP contribution < -0.4 is 5.32 Å². The van der Waals surface area contributed by atoms with E-state index in [4.69, 9.17) is 9.52 Å². The van der Waals surface area contributed by atoms with E-state index in [9.17, 15) is 13.8 Å². The molecule has 1 atom stereocenters. The molecule has 1 aliphatic carbocycles. The Morgan fingerprint density at radius 1 is 1.44 bits per heavy atom. The minimum Gasteiger partial charge on any atom is -0.475 e. The van der Waals surface area contributed by atoms with Crippen molar-refractivity contribution in [1.29, 1.82) is 0 Å². The Balaban J connectivity index is 1.82. The van der Waals surface area contributed by atoms with Crippen molar-refractivity contribution in [2.75, 3.05) is 5.75 Å². The molecule has 6 nitrogen and oxygen atoms in total. The fourth-order valence-electron chi connectivity index (χ4n) is 1.37. The molecule has 1 fully saturated rings. The van der Waals surface area contributed by atoms with E-state index in [1.165, 1.54) is 12.1 Å². The second kappa shape index (κ2) is 5.34. The van der Waals surface area contributed by atoms with Gasteiger partial charge in [-0.1, -0.05) is 0 Å². The summed E-state index contributed by atoms with van der Waals surface area (Å²) in [5.74, 6) is -1.45. The molecule has 2 rings (SSSR count). The van der Waals surface area contributed by atoms with Crippen LogP contribution in [-0.4, -0.2) is 33.0 Å². The van der Waals surface area contributed by atoms with Gasteiger partial charge >= 0.3 is 5.97 Å². The van der Waals surface area contributed by atoms with Gasteiger partial charge in [0.1, 0.15) is 0 Å². The molecule has 98 valence electrons. The highest BCUT2D eigenvalue weighted by atomic mass is 32.2. The minimum atomic E-state index is -1.48. The van der Waals surface area contributed by atoms with Gasteiger partial charge < -0.3 is 14.8 Å². The SMILES string of the molecule is O=C(CCS(=O)c1ccc(C(=O)O)o1)NC1CC1. The zero-order valence-corrected chi connectivity index (χ0v) is 10.4. The molecule has 1 heterocycles. The molecule has 0 bridgehead atoms. The van der Waals surface area contributed by atoms with E-state index in [0.29, 0.717) is 0 Å². The van der Waals surface area contributed by atoms with Gasteiger partial charge in [-0.25, -0.2) is 4.79 Å². The first kappa shape index (κ1) is 12.8. The number of carboxylic acids is 1. The van der Waals surface area contributed by atoms with Crippen LogP contribution in [0.4, 0.5) is 0 Å². The first-order valence-corrected chi connectivity index (χ1v) is 6.89. The van der Waals surface area contributed by atoms with Crippen molar-refractivity contribution < 1.29 is 23.3 Å². The molecule has 1 aliphatic rings. The Hall–Kier alpha value is -1.63. The molecule has 1 aromatic rings. The van der Waals surface area contributed by atoms with Crippen molar-refractivity contribution in [3.63, 3.8) is 0 Å². The molecule has 1 unspecified atom stereocenters. The van der Waals surface area contributed by atoms with E-state index in [-0.39, 0.29) is 35.0 Å². The lowest BCUT2D eigenvalue weighted by molar-refractivity contribution is -0.120. The van der Waals surface area contributed by atoms with E-state index in [1.807, 2.05) is 0 Å². The monoisotopic (exact) mass is 271 g/mol. The summed E-state index contributed by atoms with van der Waals surface area (Å²) in [6.07, 6.45) is 2.16. The predicted molar refractivity (Wildman–Crippen MR) is 62.7 cm³/mol. The number of carbonyl (C=O) groups excluding carboxylic acids is 1. The lowest BCUT2D eigenvalue weighted by Crippen LogP contribution is -2.26. The van der Waals surface area contributed by atoms with Crippen molar-refractivity contribution >= 4 is 22.7 Å². The van der Waals surface area contributed by atoms with Gasteiger partial charge in [-0.3, -0.25) is 9.00 Å². The van der Waals surface area contributed by atoms with E-state index in [2.05, 4.69) is 5.32 Å². The number of hydrogen-bond donors (Lipinski definition) is 2. The third kappa shape index (κ3) is 3.43. The first-order chi connectivity index (χ1) is 8.56. The number of rotatable bonds is 6. The van der Waals surface area contributed by atoms with Gasteiger partial charge in [-0.05, 0) is 25.0 Å². The van der Waals surface area contributed by atoms with Gasteiger partial charge in [-0.2, -0.15) is 0 Å². The van der Waals surface area contributed by atoms with Gasteiger partial charge in [0.05, 0.1) is 10.8 Å². The number of amides is 1. The summed E-state index contributed by atoms with van der Waals surface area (Å²) < 4.78 is 16.6. The number of hydrogen-bond acceptors (Lipinski definition) is 4. The van der Waals surface area contributed by atoms with E-state index < -0.39 is 16.8 Å². The maximum Gasteiger partial charge on any atom is 0.371 e. The summed E-state index contributed by atoms with van der Waals surface area (Å²) in [5, 5.41) is 11.5. The molecule has 1 aromatic heterocycles. The minimum absolute atomic E-state index is 0.0895. The summed E-state index contributed by atoms with van der Waals surface area (Å²) in [4.78, 5) is 21.9. The van der Waals surface area contributed by atoms with Gasteiger partial charge in [0, 0.05) is 18.2 Å². The quantitative estimate of drug-likeness (QED) is 0.796. The maximum absolute atomic E-state index is 11.7. The maximum atomic E-state index is 11.7. The average Bonchev–Trinajstić information content (AvgIpc) is 2.98. The third-order valence-corrected chi connectivity index (χ3v) is 3.72. The van der Waals surface area contributed by atoms with Crippen LogP contribution in [0, 0.1) is 0 Å². The number of furan rings is 1. The zero-order valence-electron chi connectivity index (χ0n) is 9.55. The number of carboxylic acid groups (broad SMARTS) is 1. The Bertz CT molecular complexity index is 491. The second-order valence-corrected chi connectivity index (χ2v) is 5.57. The topological polar surface area (TPSA) is 96.6 Å². The van der Waals surface area contributed by atoms with Crippen molar-refractivity contribution in [2.45, 2.75) is 30.4 Å². The van der Waals surface area contributed by atoms with E-state index in [0.717, 1.165) is 12.8 Å². The Morgan fingerprint density at radius 2 is 2.17 bits per heavy atom. The van der Waals surface area contributed by atoms with Crippen LogP contribution in [0.2, 0.25) is 0 Å². The van der Waals surface area contributed by atoms with E-state index in [1.54, 1.807) is 0 Å². The Kier molecular flexibility index (Phi) is 3.81. The van der Waals surface area contributed by atoms with Gasteiger partial charge in [0.25, 0.3) is 0 Å². The number of aromatic carboxylic acids is 1. The molecule has 0 aliphatic heterocycles. The van der Waals surface area contributed by atoms with Crippen LogP contribution in [0.15, 0.2) is 21.6 Å². The van der Waals surface area contributed by atoms with Crippen LogP contribution in [0.3, 0.4) is 0 Å². The Labute approximate surface area is 106 Å². The van der Waals surface area contributed by atoms with Gasteiger partial charge in [-0.15, -0.1) is 0 Å². The van der Waals surface area contributed by atoms with Crippen LogP contribution >= 0.6 is 0 Å². The van der Waals surface area contributed by atoms with Crippen molar-refractivity contribution in [3.05, 3.63) is 17.9 Å². The normalized spacial score (nSPS) is 16.2. The zero-order chi connectivity index (χ0) is 13.1. The summed E-state index contributed by atoms with van der Waals surface area (Å²) in [7, 11) is -1.48. The van der Waals surface area contributed by atoms with E-state index >= 15 is 0 Å². The fourth-order valence-corrected chi connectivity index (χ4v) is 2.35. The molecule has 2 N–H and O–H groups in total. The molecule has 1 saturated carbocycles. The van der Waals surface area contributed by atoms with Crippen LogP contribution in [0.25, 0.3) is 0 Å². The van der Waals surface area contributed by atoms with Crippen molar-refractivity contribution in [3.8, 4) is 0 Å². The highest BCUT2D eigenvalue weighted by molar-refractivity contribution is 7.84. The standard InChI is InChI=1S/C11H13NO5S/c13-9(12-7-1-2-7)5-6-18(16)10-4-3-8(17-10)11(14)15/h3-4,7H,1-2,5-6H2,(H,12,13)(H,14,15). The molecule has 0 radical (unpaired) electrons. The lowest BCUT2D eigenvalue weighted by Gasteiger charge is -2.01. The highest BCUT2D eigenvalue weighted by Crippen LogP contribution is 2.19. The second-order valence-electron chi connectivity index (χ2n) is 4.07. The summed E-state index contributed by atoms with van der Waals surface area (Å²) >= 11 is 0. The van der Waals surface area contributed by atoms with Gasteiger partial charge in [0.15, 0.2) is 5.09 Å². The number of carbonyl (C=O) groups is 2. The Morgan fingerprint density at radius 3 is 2.72 bits per heavy atom. The molecule has 0 saturated heterocycles. The molecular formula is C11H13NO5S. The molecule has 0 spiro atoms. The summed E-state index contributed by atoms with van der Waals surface area (Å²) in [5.41, 5.74) is 0. The molecular weight excluding hydrogens is 258 g/mol. The molecule has 0 aromatic carbocycles. The average molecular weight is 271 g/mol. The lowest BCUT2D eigenvalue weighted by atomic mass is 10.4. The summed E-state index contributed by atoms with van der Waals surface area (Å²) in [6.45, 7) is 0. The largest absolute Gasteiger partial charge is 0.475 e. The first-order valence-electron chi connectivity index (χ1n) is 5.57. The number of nitrogens with one attached hydrogen (secondary N) is 1. The molecule has 18 heavy (non-hydrogen) atoms. The summed E-state index contributed by atoms with van der Waals surface area (Å²) in [6, 6.07) is 2.89.